The molecule has 0 aliphatic carbocycles. The first-order valence-electron chi connectivity index (χ1n) is 31.9. The van der Waals surface area contributed by atoms with E-state index in [1.807, 2.05) is 12.1 Å². The molecule has 77 heavy (non-hydrogen) atoms. The molecule has 6 nitrogen and oxygen atoms in total. The van der Waals surface area contributed by atoms with Gasteiger partial charge in [-0.2, -0.15) is 0 Å². The first kappa shape index (κ1) is 71.9. The van der Waals surface area contributed by atoms with Crippen LogP contribution in [0.5, 0.6) is 0 Å². The van der Waals surface area contributed by atoms with Crippen molar-refractivity contribution in [1.82, 2.24) is 0 Å². The molecular formula is C68H110BaO6S2. The van der Waals surface area contributed by atoms with Crippen molar-refractivity contribution in [1.29, 1.82) is 0 Å². The fourth-order valence-electron chi connectivity index (χ4n) is 11.2. The molecule has 0 aliphatic heterocycles. The Labute approximate surface area is 514 Å². The Bertz CT molecular complexity index is 2160. The molecule has 0 aromatic heterocycles. The van der Waals surface area contributed by atoms with E-state index in [0.29, 0.717) is 0 Å². The summed E-state index contributed by atoms with van der Waals surface area (Å²) in [5, 5.41) is 3.99. The van der Waals surface area contributed by atoms with Gasteiger partial charge >= 0.3 is 48.9 Å². The minimum Gasteiger partial charge on any atom is -0.744 e. The second kappa shape index (κ2) is 45.3. The number of benzene rings is 4. The molecule has 0 aliphatic rings. The minimum atomic E-state index is -4.44. The topological polar surface area (TPSA) is 114 Å². The van der Waals surface area contributed by atoms with E-state index in [9.17, 15) is 25.9 Å². The van der Waals surface area contributed by atoms with Crippen molar-refractivity contribution in [2.45, 2.75) is 320 Å². The molecule has 432 valence electrons. The zero-order valence-corrected chi connectivity index (χ0v) is 55.9. The van der Waals surface area contributed by atoms with Gasteiger partial charge in [0.1, 0.15) is 20.2 Å². The van der Waals surface area contributed by atoms with Crippen molar-refractivity contribution >= 4 is 90.7 Å². The molecule has 4 aromatic rings. The molecule has 0 N–H and O–H groups in total. The number of rotatable bonds is 46. The van der Waals surface area contributed by atoms with Crippen LogP contribution in [0.4, 0.5) is 0 Å². The van der Waals surface area contributed by atoms with Crippen LogP contribution in [0.15, 0.2) is 70.5 Å². The summed E-state index contributed by atoms with van der Waals surface area (Å²) in [6.07, 6.45) is 56.9. The summed E-state index contributed by atoms with van der Waals surface area (Å²) in [5.41, 5.74) is 5.16. The Morgan fingerprint density at radius 3 is 0.740 bits per heavy atom. The second-order valence-electron chi connectivity index (χ2n) is 22.9. The molecule has 0 bridgehead atoms. The smallest absolute Gasteiger partial charge is 0.744 e. The zero-order valence-electron chi connectivity index (χ0n) is 49.9. The summed E-state index contributed by atoms with van der Waals surface area (Å²) in [5.74, 6) is 0. The van der Waals surface area contributed by atoms with E-state index < -0.39 is 20.2 Å². The molecule has 0 atom stereocenters. The molecule has 9 heteroatoms. The van der Waals surface area contributed by atoms with Crippen LogP contribution >= 0.6 is 0 Å². The van der Waals surface area contributed by atoms with E-state index in [1.54, 1.807) is 12.1 Å². The van der Waals surface area contributed by atoms with Crippen LogP contribution in [0.1, 0.15) is 307 Å². The Kier molecular flexibility index (Phi) is 42.3. The van der Waals surface area contributed by atoms with E-state index in [0.717, 1.165) is 60.1 Å². The van der Waals surface area contributed by atoms with Crippen LogP contribution in [0.3, 0.4) is 0 Å². The summed E-state index contributed by atoms with van der Waals surface area (Å²) < 4.78 is 69.8. The van der Waals surface area contributed by atoms with E-state index in [2.05, 4.69) is 52.0 Å². The molecule has 0 saturated carbocycles. The van der Waals surface area contributed by atoms with Gasteiger partial charge in [-0.05, 0) is 119 Å². The van der Waals surface area contributed by atoms with Crippen molar-refractivity contribution < 1.29 is 25.9 Å². The van der Waals surface area contributed by atoms with Gasteiger partial charge < -0.3 is 9.11 Å². The molecule has 0 amide bonds. The monoisotopic (exact) mass is 1220 g/mol. The molecule has 0 fully saturated rings. The number of fused-ring (bicyclic) bond motifs is 2. The number of hydrogen-bond donors (Lipinski definition) is 0. The van der Waals surface area contributed by atoms with E-state index in [1.165, 1.54) is 278 Å². The van der Waals surface area contributed by atoms with Crippen molar-refractivity contribution in [2.75, 3.05) is 0 Å². The molecular weight excluding hydrogens is 1110 g/mol. The van der Waals surface area contributed by atoms with Gasteiger partial charge in [0.05, 0.1) is 9.79 Å². The van der Waals surface area contributed by atoms with E-state index >= 15 is 0 Å². The maximum Gasteiger partial charge on any atom is 2.00 e. The normalized spacial score (nSPS) is 11.8. The maximum absolute atomic E-state index is 11.6. The molecule has 4 rings (SSSR count). The van der Waals surface area contributed by atoms with Crippen LogP contribution in [-0.4, -0.2) is 74.8 Å². The summed E-state index contributed by atoms with van der Waals surface area (Å²) >= 11 is 0. The Hall–Kier alpha value is -1.21. The van der Waals surface area contributed by atoms with Crippen molar-refractivity contribution in [3.8, 4) is 0 Å². The third kappa shape index (κ3) is 33.5. The Morgan fingerprint density at radius 2 is 0.506 bits per heavy atom. The molecule has 0 spiro atoms. The third-order valence-corrected chi connectivity index (χ3v) is 17.6. The standard InChI is InChI=1S/2C34H56O3S.Ba/c2*1-3-5-7-9-11-13-15-17-19-21-23-30-27-31(24-22-20-18-16-14-12-10-8-6-4-2)34-26-25-33(38(35,36)37)29-32(34)28-30;/h2*25-29H,3-24H2,1-2H3,(H,35,36,37);/q;;+2/p-2. The Balaban J connectivity index is 0.000000520. The van der Waals surface area contributed by atoms with E-state index in [4.69, 9.17) is 0 Å². The minimum absolute atomic E-state index is 0. The molecule has 0 radical (unpaired) electrons. The van der Waals surface area contributed by atoms with Gasteiger partial charge in [0, 0.05) is 0 Å². The Morgan fingerprint density at radius 1 is 0.286 bits per heavy atom. The molecule has 0 unspecified atom stereocenters. The number of unbranched alkanes of at least 4 members (excludes halogenated alkanes) is 36. The van der Waals surface area contributed by atoms with Crippen molar-refractivity contribution in [3.05, 3.63) is 82.9 Å². The first-order valence-corrected chi connectivity index (χ1v) is 34.8. The predicted molar refractivity (Wildman–Crippen MR) is 332 cm³/mol. The van der Waals surface area contributed by atoms with Gasteiger partial charge in [-0.25, -0.2) is 16.8 Å². The average molecular weight is 1230 g/mol. The van der Waals surface area contributed by atoms with Crippen LogP contribution in [-0.2, 0) is 45.9 Å². The molecule has 0 heterocycles. The first-order chi connectivity index (χ1) is 36.9. The van der Waals surface area contributed by atoms with Gasteiger partial charge in [-0.1, -0.05) is 295 Å². The average Bonchev–Trinajstić information content (AvgIpc) is 3.40. The summed E-state index contributed by atoms with van der Waals surface area (Å²) in [7, 11) is -8.89. The van der Waals surface area contributed by atoms with Gasteiger partial charge in [0.15, 0.2) is 0 Å². The summed E-state index contributed by atoms with van der Waals surface area (Å²) in [4.78, 5) is -0.239. The van der Waals surface area contributed by atoms with Gasteiger partial charge in [0.2, 0.25) is 0 Å². The number of hydrogen-bond acceptors (Lipinski definition) is 6. The maximum atomic E-state index is 11.6. The fraction of sp³-hybridized carbons (Fsp3) is 0.706. The summed E-state index contributed by atoms with van der Waals surface area (Å²) in [6.45, 7) is 9.06. The van der Waals surface area contributed by atoms with Crippen LogP contribution in [0.25, 0.3) is 21.5 Å². The third-order valence-electron chi connectivity index (χ3n) is 16.0. The SMILES string of the molecule is CCCCCCCCCCCCc1cc(CCCCCCCCCCCC)c2ccc(S(=O)(=O)[O-])cc2c1.CCCCCCCCCCCCc1cc(CCCCCCCCCCCC)c2ccc(S(=O)(=O)[O-])cc2c1.[Ba+2]. The molecule has 0 saturated heterocycles. The van der Waals surface area contributed by atoms with E-state index in [-0.39, 0.29) is 58.7 Å². The van der Waals surface area contributed by atoms with Crippen LogP contribution in [0.2, 0.25) is 0 Å². The van der Waals surface area contributed by atoms with Gasteiger partial charge in [-0.3, -0.25) is 0 Å². The summed E-state index contributed by atoms with van der Waals surface area (Å²) in [6, 6.07) is 18.7. The van der Waals surface area contributed by atoms with Gasteiger partial charge in [-0.15, -0.1) is 0 Å². The number of aryl methyl sites for hydroxylation is 4. The second-order valence-corrected chi connectivity index (χ2v) is 25.7. The largest absolute Gasteiger partial charge is 2.00 e. The van der Waals surface area contributed by atoms with Crippen LogP contribution < -0.4 is 0 Å². The zero-order chi connectivity index (χ0) is 55.0. The fourth-order valence-corrected chi connectivity index (χ4v) is 12.3. The predicted octanol–water partition coefficient (Wildman–Crippen LogP) is 21.0. The van der Waals surface area contributed by atoms with Gasteiger partial charge in [0.25, 0.3) is 0 Å². The quantitative estimate of drug-likeness (QED) is 0.0247. The van der Waals surface area contributed by atoms with Crippen LogP contribution in [0, 0.1) is 0 Å². The van der Waals surface area contributed by atoms with Crippen molar-refractivity contribution in [2.24, 2.45) is 0 Å². The molecule has 4 aromatic carbocycles. The van der Waals surface area contributed by atoms with Crippen molar-refractivity contribution in [3.63, 3.8) is 0 Å².